The highest BCUT2D eigenvalue weighted by atomic mass is 19.1. The summed E-state index contributed by atoms with van der Waals surface area (Å²) in [5.41, 5.74) is -0.492. The fourth-order valence-corrected chi connectivity index (χ4v) is 4.55. The summed E-state index contributed by atoms with van der Waals surface area (Å²) in [6.07, 6.45) is -0.404. The van der Waals surface area contributed by atoms with E-state index in [9.17, 15) is 19.2 Å². The lowest BCUT2D eigenvalue weighted by molar-refractivity contribution is -0.191. The van der Waals surface area contributed by atoms with Crippen molar-refractivity contribution in [1.29, 1.82) is 0 Å². The Bertz CT molecular complexity index is 939. The van der Waals surface area contributed by atoms with E-state index in [1.54, 1.807) is 18.2 Å². The van der Waals surface area contributed by atoms with Gasteiger partial charge in [-0.15, -0.1) is 0 Å². The number of nitrogens with zero attached hydrogens (tertiary/aromatic N) is 2. The Morgan fingerprint density at radius 1 is 1.06 bits per heavy atom. The molecule has 0 bridgehead atoms. The van der Waals surface area contributed by atoms with Gasteiger partial charge in [0.05, 0.1) is 11.1 Å². The average molecular weight is 433 g/mol. The number of carbonyl (C=O) groups is 4. The van der Waals surface area contributed by atoms with Crippen LogP contribution in [0.4, 0.5) is 10.1 Å². The molecular weight excluding hydrogens is 409 g/mol. The summed E-state index contributed by atoms with van der Waals surface area (Å²) in [4.78, 5) is 52.2. The SMILES string of the molecule is COC(OC)C1(F)CCN(c2ccc3c(c2)C(=O)N(C2CCC(=O)NC2=O)C3=O)CC1. The van der Waals surface area contributed by atoms with Crippen LogP contribution in [-0.4, -0.2) is 73.8 Å². The van der Waals surface area contributed by atoms with Gasteiger partial charge >= 0.3 is 0 Å². The molecule has 4 rings (SSSR count). The van der Waals surface area contributed by atoms with E-state index in [-0.39, 0.29) is 36.8 Å². The normalized spacial score (nSPS) is 23.4. The molecule has 0 saturated carbocycles. The van der Waals surface area contributed by atoms with E-state index in [1.807, 2.05) is 4.90 Å². The molecule has 1 aromatic rings. The molecule has 0 radical (unpaired) electrons. The lowest BCUT2D eigenvalue weighted by atomic mass is 9.92. The number of hydrogen-bond donors (Lipinski definition) is 1. The lowest BCUT2D eigenvalue weighted by Gasteiger charge is -2.40. The summed E-state index contributed by atoms with van der Waals surface area (Å²) in [5.74, 6) is -2.18. The third-order valence-electron chi connectivity index (χ3n) is 6.23. The first-order chi connectivity index (χ1) is 14.8. The second kappa shape index (κ2) is 8.01. The van der Waals surface area contributed by atoms with Crippen molar-refractivity contribution >= 4 is 29.3 Å². The maximum Gasteiger partial charge on any atom is 0.262 e. The average Bonchev–Trinajstić information content (AvgIpc) is 2.99. The van der Waals surface area contributed by atoms with E-state index in [2.05, 4.69) is 5.32 Å². The second-order valence-electron chi connectivity index (χ2n) is 8.00. The van der Waals surface area contributed by atoms with E-state index in [4.69, 9.17) is 9.47 Å². The predicted molar refractivity (Wildman–Crippen MR) is 106 cm³/mol. The number of hydrogen-bond acceptors (Lipinski definition) is 7. The molecule has 0 aromatic heterocycles. The minimum absolute atomic E-state index is 0.0672. The van der Waals surface area contributed by atoms with Gasteiger partial charge in [0.1, 0.15) is 6.04 Å². The number of benzene rings is 1. The Morgan fingerprint density at radius 2 is 1.71 bits per heavy atom. The minimum atomic E-state index is -1.61. The third-order valence-corrected chi connectivity index (χ3v) is 6.23. The highest BCUT2D eigenvalue weighted by Crippen LogP contribution is 2.36. The van der Waals surface area contributed by atoms with Gasteiger partial charge in [-0.1, -0.05) is 0 Å². The molecule has 0 spiro atoms. The summed E-state index contributed by atoms with van der Waals surface area (Å²) >= 11 is 0. The largest absolute Gasteiger partial charge is 0.371 e. The van der Waals surface area contributed by atoms with Gasteiger partial charge in [-0.2, -0.15) is 0 Å². The van der Waals surface area contributed by atoms with Crippen LogP contribution in [0.1, 0.15) is 46.4 Å². The van der Waals surface area contributed by atoms with Crippen LogP contribution in [0.2, 0.25) is 0 Å². The molecule has 3 aliphatic heterocycles. The van der Waals surface area contributed by atoms with Gasteiger partial charge in [-0.3, -0.25) is 29.4 Å². The lowest BCUT2D eigenvalue weighted by Crippen LogP contribution is -2.54. The van der Waals surface area contributed by atoms with Crippen LogP contribution < -0.4 is 10.2 Å². The van der Waals surface area contributed by atoms with E-state index in [1.165, 1.54) is 14.2 Å². The third kappa shape index (κ3) is 3.59. The molecule has 1 aromatic carbocycles. The first-order valence-corrected chi connectivity index (χ1v) is 10.1. The van der Waals surface area contributed by atoms with E-state index >= 15 is 4.39 Å². The molecule has 9 nitrogen and oxygen atoms in total. The molecule has 1 N–H and O–H groups in total. The van der Waals surface area contributed by atoms with Gasteiger partial charge in [0.25, 0.3) is 11.8 Å². The monoisotopic (exact) mass is 433 g/mol. The van der Waals surface area contributed by atoms with Crippen molar-refractivity contribution < 1.29 is 33.0 Å². The van der Waals surface area contributed by atoms with Gasteiger partial charge in [0.15, 0.2) is 12.0 Å². The highest BCUT2D eigenvalue weighted by Gasteiger charge is 2.46. The van der Waals surface area contributed by atoms with Gasteiger partial charge in [-0.25, -0.2) is 4.39 Å². The van der Waals surface area contributed by atoms with Gasteiger partial charge in [-0.05, 0) is 24.6 Å². The molecule has 4 amide bonds. The number of methoxy groups -OCH3 is 2. The maximum atomic E-state index is 15.1. The van der Waals surface area contributed by atoms with Crippen molar-refractivity contribution in [2.24, 2.45) is 0 Å². The predicted octanol–water partition coefficient (Wildman–Crippen LogP) is 1.02. The number of ether oxygens (including phenoxy) is 2. The second-order valence-corrected chi connectivity index (χ2v) is 8.00. The molecule has 166 valence electrons. The quantitative estimate of drug-likeness (QED) is 0.546. The molecule has 1 unspecified atom stereocenters. The Hall–Kier alpha value is -2.85. The Morgan fingerprint density at radius 3 is 2.32 bits per heavy atom. The van der Waals surface area contributed by atoms with Crippen LogP contribution in [0.5, 0.6) is 0 Å². The first kappa shape index (κ1) is 21.4. The maximum absolute atomic E-state index is 15.1. The van der Waals surface area contributed by atoms with Crippen molar-refractivity contribution in [1.82, 2.24) is 10.2 Å². The number of anilines is 1. The topological polar surface area (TPSA) is 105 Å². The van der Waals surface area contributed by atoms with Crippen LogP contribution in [0, 0.1) is 0 Å². The van der Waals surface area contributed by atoms with Crippen molar-refractivity contribution in [3.05, 3.63) is 29.3 Å². The summed E-state index contributed by atoms with van der Waals surface area (Å²) < 4.78 is 25.3. The molecule has 31 heavy (non-hydrogen) atoms. The van der Waals surface area contributed by atoms with Crippen LogP contribution in [-0.2, 0) is 19.1 Å². The van der Waals surface area contributed by atoms with Crippen LogP contribution >= 0.6 is 0 Å². The number of imide groups is 2. The molecule has 1 atom stereocenters. The fraction of sp³-hybridized carbons (Fsp3) is 0.524. The summed E-state index contributed by atoms with van der Waals surface area (Å²) in [5, 5.41) is 2.18. The minimum Gasteiger partial charge on any atom is -0.371 e. The van der Waals surface area contributed by atoms with Gasteiger partial charge in [0.2, 0.25) is 11.8 Å². The van der Waals surface area contributed by atoms with Crippen molar-refractivity contribution in [3.8, 4) is 0 Å². The number of alkyl halides is 1. The molecule has 0 aliphatic carbocycles. The summed E-state index contributed by atoms with van der Waals surface area (Å²) in [6.45, 7) is 0.773. The Balaban J connectivity index is 1.52. The van der Waals surface area contributed by atoms with Crippen LogP contribution in [0.3, 0.4) is 0 Å². The number of carbonyl (C=O) groups excluding carboxylic acids is 4. The van der Waals surface area contributed by atoms with Crippen LogP contribution in [0.25, 0.3) is 0 Å². The molecule has 2 fully saturated rings. The molecular formula is C21H24FN3O6. The number of fused-ring (bicyclic) bond motifs is 1. The number of nitrogens with one attached hydrogen (secondary N) is 1. The number of rotatable bonds is 5. The highest BCUT2D eigenvalue weighted by molar-refractivity contribution is 6.23. The molecule has 2 saturated heterocycles. The zero-order valence-corrected chi connectivity index (χ0v) is 17.4. The first-order valence-electron chi connectivity index (χ1n) is 10.1. The van der Waals surface area contributed by atoms with E-state index < -0.39 is 41.6 Å². The zero-order chi connectivity index (χ0) is 22.3. The summed E-state index contributed by atoms with van der Waals surface area (Å²) in [6, 6.07) is 3.88. The van der Waals surface area contributed by atoms with Crippen molar-refractivity contribution in [2.75, 3.05) is 32.2 Å². The molecule has 3 aliphatic rings. The zero-order valence-electron chi connectivity index (χ0n) is 17.4. The number of piperidine rings is 2. The standard InChI is InChI=1S/C21H24FN3O6/c1-30-20(31-2)21(22)7-9-24(10-8-21)12-3-4-13-14(11-12)19(29)25(18(13)28)15-5-6-16(26)23-17(15)27/h3-4,11,15,20H,5-10H2,1-2H3,(H,23,26,27). The van der Waals surface area contributed by atoms with Gasteiger partial charge in [0, 0.05) is 52.3 Å². The molecule has 10 heteroatoms. The van der Waals surface area contributed by atoms with Crippen LogP contribution in [0.15, 0.2) is 18.2 Å². The smallest absolute Gasteiger partial charge is 0.262 e. The Labute approximate surface area is 178 Å². The van der Waals surface area contributed by atoms with Crippen molar-refractivity contribution in [3.63, 3.8) is 0 Å². The van der Waals surface area contributed by atoms with Gasteiger partial charge < -0.3 is 14.4 Å². The van der Waals surface area contributed by atoms with E-state index in [0.717, 1.165) is 4.90 Å². The van der Waals surface area contributed by atoms with E-state index in [0.29, 0.717) is 18.8 Å². The number of halogens is 1. The molecule has 3 heterocycles. The summed E-state index contributed by atoms with van der Waals surface area (Å²) in [7, 11) is 2.80. The fourth-order valence-electron chi connectivity index (χ4n) is 4.55. The van der Waals surface area contributed by atoms with Crippen molar-refractivity contribution in [2.45, 2.75) is 43.7 Å². The number of amides is 4. The Kier molecular flexibility index (Phi) is 5.52.